The number of aromatic hydroxyl groups is 1. The lowest BCUT2D eigenvalue weighted by atomic mass is 9.95. The number of phenols is 1. The summed E-state index contributed by atoms with van der Waals surface area (Å²) >= 11 is 5.89. The molecule has 0 bridgehead atoms. The van der Waals surface area contributed by atoms with Gasteiger partial charge in [-0.2, -0.15) is 13.2 Å². The van der Waals surface area contributed by atoms with E-state index in [0.717, 1.165) is 17.0 Å². The molecule has 0 saturated carbocycles. The van der Waals surface area contributed by atoms with Crippen molar-refractivity contribution < 1.29 is 27.9 Å². The summed E-state index contributed by atoms with van der Waals surface area (Å²) in [5.74, 6) is -3.09. The van der Waals surface area contributed by atoms with Gasteiger partial charge < -0.3 is 10.0 Å². The Hall–Kier alpha value is -3.52. The van der Waals surface area contributed by atoms with E-state index in [-0.39, 0.29) is 34.3 Å². The van der Waals surface area contributed by atoms with E-state index in [9.17, 15) is 27.9 Å². The van der Waals surface area contributed by atoms with Crippen LogP contribution < -0.4 is 9.80 Å². The molecule has 3 aromatic rings. The number of hydrogen-bond acceptors (Lipinski definition) is 3. The number of amides is 2. The van der Waals surface area contributed by atoms with E-state index in [1.807, 2.05) is 0 Å². The van der Waals surface area contributed by atoms with Gasteiger partial charge in [-0.3, -0.25) is 14.5 Å². The van der Waals surface area contributed by atoms with Gasteiger partial charge in [-0.25, -0.2) is 0 Å². The van der Waals surface area contributed by atoms with Crippen LogP contribution in [0, 0.1) is 0 Å². The fraction of sp³-hybridized carbons (Fsp3) is 0.167. The molecule has 2 amide bonds. The summed E-state index contributed by atoms with van der Waals surface area (Å²) < 4.78 is 40.6. The average molecular weight is 475 g/mol. The number of para-hydroxylation sites is 1. The highest BCUT2D eigenvalue weighted by atomic mass is 35.5. The lowest BCUT2D eigenvalue weighted by molar-refractivity contribution is -0.137. The van der Waals surface area contributed by atoms with Crippen molar-refractivity contribution in [1.82, 2.24) is 0 Å². The summed E-state index contributed by atoms with van der Waals surface area (Å²) in [7, 11) is 0. The summed E-state index contributed by atoms with van der Waals surface area (Å²) in [6, 6.07) is 15.1. The number of anilines is 3. The molecule has 1 atom stereocenters. The summed E-state index contributed by atoms with van der Waals surface area (Å²) in [5.41, 5.74) is -0.349. The smallest absolute Gasteiger partial charge is 0.416 e. The molecule has 1 heterocycles. The third kappa shape index (κ3) is 4.02. The lowest BCUT2D eigenvalue weighted by Gasteiger charge is -2.26. The number of carbonyl (C=O) groups is 2. The zero-order chi connectivity index (χ0) is 23.9. The Morgan fingerprint density at radius 1 is 0.939 bits per heavy atom. The lowest BCUT2D eigenvalue weighted by Crippen LogP contribution is -2.39. The number of alkyl halides is 3. The van der Waals surface area contributed by atoms with Crippen LogP contribution in [0.2, 0.25) is 5.02 Å². The standard InChI is InChI=1S/C24H18ClF3N2O3/c1-2-29-18-11-9-15(24(26,27)28)13-19(18)30(16-6-4-3-5-7-16)23(33)21(22(29)32)14-8-10-17(25)20(31)12-14/h3-13,21,31H,2H2,1H3. The van der Waals surface area contributed by atoms with Gasteiger partial charge in [-0.15, -0.1) is 0 Å². The van der Waals surface area contributed by atoms with Crippen LogP contribution in [-0.4, -0.2) is 23.5 Å². The first-order valence-electron chi connectivity index (χ1n) is 10.0. The predicted molar refractivity (Wildman–Crippen MR) is 119 cm³/mol. The molecule has 0 radical (unpaired) electrons. The van der Waals surface area contributed by atoms with Crippen LogP contribution in [0.1, 0.15) is 24.0 Å². The van der Waals surface area contributed by atoms with Gasteiger partial charge in [-0.1, -0.05) is 35.9 Å². The molecule has 0 fully saturated rings. The summed E-state index contributed by atoms with van der Waals surface area (Å²) in [6.07, 6.45) is -4.64. The minimum absolute atomic E-state index is 0.0395. The van der Waals surface area contributed by atoms with E-state index in [4.69, 9.17) is 11.6 Å². The number of likely N-dealkylation sites (N-methyl/N-ethyl adjacent to an activating group) is 1. The maximum Gasteiger partial charge on any atom is 0.416 e. The van der Waals surface area contributed by atoms with Crippen molar-refractivity contribution in [2.24, 2.45) is 0 Å². The van der Waals surface area contributed by atoms with Crippen molar-refractivity contribution in [3.8, 4) is 5.75 Å². The molecule has 170 valence electrons. The van der Waals surface area contributed by atoms with Crippen molar-refractivity contribution >= 4 is 40.5 Å². The van der Waals surface area contributed by atoms with Crippen LogP contribution in [0.4, 0.5) is 30.2 Å². The molecule has 5 nitrogen and oxygen atoms in total. The zero-order valence-corrected chi connectivity index (χ0v) is 18.1. The minimum Gasteiger partial charge on any atom is -0.506 e. The molecule has 0 aromatic heterocycles. The van der Waals surface area contributed by atoms with E-state index in [1.165, 1.54) is 29.2 Å². The number of halogens is 4. The first kappa shape index (κ1) is 22.7. The van der Waals surface area contributed by atoms with Crippen LogP contribution >= 0.6 is 11.6 Å². The summed E-state index contributed by atoms with van der Waals surface area (Å²) in [6.45, 7) is 1.78. The van der Waals surface area contributed by atoms with Crippen LogP contribution in [0.3, 0.4) is 0 Å². The molecule has 1 unspecified atom stereocenters. The van der Waals surface area contributed by atoms with Crippen LogP contribution in [0.25, 0.3) is 0 Å². The second-order valence-corrected chi connectivity index (χ2v) is 7.84. The van der Waals surface area contributed by atoms with Gasteiger partial charge in [0.05, 0.1) is 22.0 Å². The number of rotatable bonds is 3. The number of phenolic OH excluding ortho intramolecular Hbond substituents is 1. The van der Waals surface area contributed by atoms with Crippen molar-refractivity contribution in [3.05, 3.63) is 82.9 Å². The molecule has 3 aromatic carbocycles. The van der Waals surface area contributed by atoms with Crippen LogP contribution in [-0.2, 0) is 15.8 Å². The highest BCUT2D eigenvalue weighted by Crippen LogP contribution is 2.44. The van der Waals surface area contributed by atoms with Gasteiger partial charge in [0.15, 0.2) is 0 Å². The zero-order valence-electron chi connectivity index (χ0n) is 17.3. The number of fused-ring (bicyclic) bond motifs is 1. The third-order valence-electron chi connectivity index (χ3n) is 5.45. The normalized spacial score (nSPS) is 16.6. The molecule has 0 spiro atoms. The first-order chi connectivity index (χ1) is 15.6. The van der Waals surface area contributed by atoms with Crippen molar-refractivity contribution in [2.45, 2.75) is 19.0 Å². The molecular weight excluding hydrogens is 457 g/mol. The molecular formula is C24H18ClF3N2O3. The third-order valence-corrected chi connectivity index (χ3v) is 5.77. The van der Waals surface area contributed by atoms with E-state index in [0.29, 0.717) is 5.69 Å². The average Bonchev–Trinajstić information content (AvgIpc) is 2.86. The molecule has 4 rings (SSSR count). The van der Waals surface area contributed by atoms with E-state index in [2.05, 4.69) is 0 Å². The Balaban J connectivity index is 2.00. The Morgan fingerprint density at radius 2 is 1.64 bits per heavy atom. The van der Waals surface area contributed by atoms with E-state index < -0.39 is 29.5 Å². The van der Waals surface area contributed by atoms with Gasteiger partial charge in [0.25, 0.3) is 0 Å². The monoisotopic (exact) mass is 474 g/mol. The van der Waals surface area contributed by atoms with E-state index >= 15 is 0 Å². The van der Waals surface area contributed by atoms with Crippen molar-refractivity contribution in [1.29, 1.82) is 0 Å². The van der Waals surface area contributed by atoms with Crippen molar-refractivity contribution in [2.75, 3.05) is 16.3 Å². The number of benzene rings is 3. The van der Waals surface area contributed by atoms with Gasteiger partial charge in [0, 0.05) is 12.2 Å². The topological polar surface area (TPSA) is 60.9 Å². The largest absolute Gasteiger partial charge is 0.506 e. The van der Waals surface area contributed by atoms with Gasteiger partial charge in [-0.05, 0) is 55.0 Å². The predicted octanol–water partition coefficient (Wildman–Crippen LogP) is 5.88. The quantitative estimate of drug-likeness (QED) is 0.482. The SMILES string of the molecule is CCN1C(=O)C(c2ccc(Cl)c(O)c2)C(=O)N(c2ccccc2)c2cc(C(F)(F)F)ccc21. The highest BCUT2D eigenvalue weighted by molar-refractivity contribution is 6.32. The first-order valence-corrected chi connectivity index (χ1v) is 10.4. The number of hydrogen-bond donors (Lipinski definition) is 1. The molecule has 0 aliphatic carbocycles. The highest BCUT2D eigenvalue weighted by Gasteiger charge is 2.43. The summed E-state index contributed by atoms with van der Waals surface area (Å²) in [5, 5.41) is 10.1. The number of carbonyl (C=O) groups excluding carboxylic acids is 2. The van der Waals surface area contributed by atoms with Crippen molar-refractivity contribution in [3.63, 3.8) is 0 Å². The second-order valence-electron chi connectivity index (χ2n) is 7.44. The van der Waals surface area contributed by atoms with Crippen LogP contribution in [0.15, 0.2) is 66.7 Å². The Bertz CT molecular complexity index is 1230. The fourth-order valence-electron chi connectivity index (χ4n) is 3.90. The molecule has 0 saturated heterocycles. The summed E-state index contributed by atoms with van der Waals surface area (Å²) in [4.78, 5) is 29.8. The second kappa shape index (κ2) is 8.44. The Morgan fingerprint density at radius 3 is 2.24 bits per heavy atom. The Labute approximate surface area is 192 Å². The Kier molecular flexibility index (Phi) is 5.80. The van der Waals surface area contributed by atoms with Gasteiger partial charge in [0.1, 0.15) is 11.7 Å². The minimum atomic E-state index is -4.64. The maximum atomic E-state index is 13.8. The number of nitrogens with zero attached hydrogens (tertiary/aromatic N) is 2. The van der Waals surface area contributed by atoms with Crippen LogP contribution in [0.5, 0.6) is 5.75 Å². The van der Waals surface area contributed by atoms with E-state index in [1.54, 1.807) is 37.3 Å². The molecule has 1 aliphatic heterocycles. The molecule has 1 N–H and O–H groups in total. The van der Waals surface area contributed by atoms with Gasteiger partial charge >= 0.3 is 6.18 Å². The fourth-order valence-corrected chi connectivity index (χ4v) is 4.02. The molecule has 33 heavy (non-hydrogen) atoms. The molecule has 1 aliphatic rings. The van der Waals surface area contributed by atoms with Gasteiger partial charge in [0.2, 0.25) is 11.8 Å². The molecule has 9 heteroatoms. The maximum absolute atomic E-state index is 13.8.